The van der Waals surface area contributed by atoms with E-state index in [1.807, 2.05) is 0 Å². The van der Waals surface area contributed by atoms with Gasteiger partial charge in [-0.05, 0) is 49.9 Å². The lowest BCUT2D eigenvalue weighted by Gasteiger charge is -2.43. The molecule has 1 heterocycles. The molecular formula is C23H38F2N4O6. The van der Waals surface area contributed by atoms with E-state index < -0.39 is 65.8 Å². The highest BCUT2D eigenvalue weighted by Crippen LogP contribution is 2.55. The zero-order valence-electron chi connectivity index (χ0n) is 21.0. The summed E-state index contributed by atoms with van der Waals surface area (Å²) >= 11 is 0. The van der Waals surface area contributed by atoms with Crippen molar-refractivity contribution in [3.05, 3.63) is 0 Å². The number of aliphatic hydroxyl groups is 1. The van der Waals surface area contributed by atoms with Crippen molar-refractivity contribution in [1.82, 2.24) is 20.9 Å². The molecule has 0 aromatic heterocycles. The van der Waals surface area contributed by atoms with Gasteiger partial charge in [0.2, 0.25) is 17.7 Å². The molecule has 4 atom stereocenters. The van der Waals surface area contributed by atoms with Gasteiger partial charge in [0.05, 0.1) is 6.04 Å². The lowest BCUT2D eigenvalue weighted by atomic mass is 9.82. The van der Waals surface area contributed by atoms with Gasteiger partial charge in [-0.25, -0.2) is 13.6 Å². The standard InChI is InChI=1S/C23H38F2N4O6/c1-21(2,3)16(28-20(34)35)19(33)29-11-10-23(8-9-23)12-14(29)17(31)27-13(6-7-22(4,24)25)15(30)18(32)26-5/h13-16,28,30H,6-12H2,1-5H3,(H,26,32)(H,27,31)(H,34,35)/t13?,14-,15?,16?/m0/s1. The first-order valence-corrected chi connectivity index (χ1v) is 11.9. The minimum atomic E-state index is -3.07. The smallest absolute Gasteiger partial charge is 0.405 e. The molecule has 0 bridgehead atoms. The maximum atomic E-state index is 13.5. The summed E-state index contributed by atoms with van der Waals surface area (Å²) in [6, 6.07) is -3.40. The average Bonchev–Trinajstić information content (AvgIpc) is 3.50. The lowest BCUT2D eigenvalue weighted by Crippen LogP contribution is -2.63. The van der Waals surface area contributed by atoms with E-state index in [0.717, 1.165) is 12.8 Å². The Morgan fingerprint density at radius 3 is 2.14 bits per heavy atom. The summed E-state index contributed by atoms with van der Waals surface area (Å²) in [6.45, 7) is 6.05. The molecule has 5 N–H and O–H groups in total. The van der Waals surface area contributed by atoms with Crippen molar-refractivity contribution >= 4 is 23.8 Å². The van der Waals surface area contributed by atoms with Crippen molar-refractivity contribution in [3.63, 3.8) is 0 Å². The minimum Gasteiger partial charge on any atom is -0.465 e. The minimum absolute atomic E-state index is 0.0956. The highest BCUT2D eigenvalue weighted by molar-refractivity contribution is 5.92. The van der Waals surface area contributed by atoms with Crippen molar-refractivity contribution in [1.29, 1.82) is 0 Å². The second-order valence-corrected chi connectivity index (χ2v) is 11.0. The predicted molar refractivity (Wildman–Crippen MR) is 123 cm³/mol. The van der Waals surface area contributed by atoms with Crippen LogP contribution in [0.15, 0.2) is 0 Å². The van der Waals surface area contributed by atoms with Gasteiger partial charge in [-0.3, -0.25) is 14.4 Å². The van der Waals surface area contributed by atoms with Gasteiger partial charge in [0.1, 0.15) is 12.1 Å². The summed E-state index contributed by atoms with van der Waals surface area (Å²) in [5.74, 6) is -5.12. The number of nitrogens with zero attached hydrogens (tertiary/aromatic N) is 1. The van der Waals surface area contributed by atoms with Gasteiger partial charge < -0.3 is 31.1 Å². The number of likely N-dealkylation sites (tertiary alicyclic amines) is 1. The van der Waals surface area contributed by atoms with E-state index in [0.29, 0.717) is 19.8 Å². The second-order valence-electron chi connectivity index (χ2n) is 11.0. The number of carbonyl (C=O) groups excluding carboxylic acids is 3. The fraction of sp³-hybridized carbons (Fsp3) is 0.826. The van der Waals surface area contributed by atoms with Gasteiger partial charge in [-0.2, -0.15) is 0 Å². The quantitative estimate of drug-likeness (QED) is 0.321. The molecule has 0 aromatic rings. The van der Waals surface area contributed by atoms with E-state index in [9.17, 15) is 38.2 Å². The van der Waals surface area contributed by atoms with Crippen LogP contribution in [0.5, 0.6) is 0 Å². The molecule has 0 radical (unpaired) electrons. The molecule has 1 aliphatic heterocycles. The number of piperidine rings is 1. The van der Waals surface area contributed by atoms with Crippen LogP contribution in [-0.2, 0) is 14.4 Å². The van der Waals surface area contributed by atoms with Crippen LogP contribution in [0.2, 0.25) is 0 Å². The number of carboxylic acid groups (broad SMARTS) is 1. The first-order chi connectivity index (χ1) is 16.0. The number of likely N-dealkylation sites (N-methyl/N-ethyl adjacent to an activating group) is 1. The Kier molecular flexibility index (Phi) is 8.73. The first-order valence-electron chi connectivity index (χ1n) is 11.9. The van der Waals surface area contributed by atoms with Crippen molar-refractivity contribution in [2.75, 3.05) is 13.6 Å². The van der Waals surface area contributed by atoms with Gasteiger partial charge >= 0.3 is 6.09 Å². The number of nitrogens with one attached hydrogen (secondary N) is 3. The summed E-state index contributed by atoms with van der Waals surface area (Å²) in [4.78, 5) is 51.5. The highest BCUT2D eigenvalue weighted by atomic mass is 19.3. The molecule has 4 amide bonds. The summed E-state index contributed by atoms with van der Waals surface area (Å²) in [5, 5.41) is 26.6. The van der Waals surface area contributed by atoms with Gasteiger partial charge in [0.25, 0.3) is 5.91 Å². The zero-order chi connectivity index (χ0) is 26.8. The highest BCUT2D eigenvalue weighted by Gasteiger charge is 2.52. The Morgan fingerprint density at radius 2 is 1.69 bits per heavy atom. The molecule has 200 valence electrons. The normalized spacial score (nSPS) is 22.1. The number of alkyl halides is 2. The predicted octanol–water partition coefficient (Wildman–Crippen LogP) is 1.47. The third-order valence-electron chi connectivity index (χ3n) is 6.93. The van der Waals surface area contributed by atoms with Crippen LogP contribution in [-0.4, -0.2) is 82.7 Å². The summed E-state index contributed by atoms with van der Waals surface area (Å²) in [7, 11) is 1.28. The third-order valence-corrected chi connectivity index (χ3v) is 6.93. The molecule has 1 spiro atoms. The number of carbonyl (C=O) groups is 4. The van der Waals surface area contributed by atoms with E-state index >= 15 is 0 Å². The maximum Gasteiger partial charge on any atom is 0.405 e. The molecule has 2 aliphatic rings. The van der Waals surface area contributed by atoms with Crippen LogP contribution in [0.3, 0.4) is 0 Å². The van der Waals surface area contributed by atoms with Crippen LogP contribution in [0.25, 0.3) is 0 Å². The third kappa shape index (κ3) is 7.74. The summed E-state index contributed by atoms with van der Waals surface area (Å²) in [6.07, 6.45) is -1.38. The fourth-order valence-corrected chi connectivity index (χ4v) is 4.53. The SMILES string of the molecule is CNC(=O)C(O)C(CCC(C)(F)F)NC(=O)[C@@H]1CC2(CCN1C(=O)C(NC(=O)O)C(C)(C)C)CC2. The number of rotatable bonds is 9. The molecule has 2 fully saturated rings. The van der Waals surface area contributed by atoms with Crippen molar-refractivity contribution in [2.45, 2.75) is 96.4 Å². The number of amides is 4. The summed E-state index contributed by atoms with van der Waals surface area (Å²) < 4.78 is 27.0. The van der Waals surface area contributed by atoms with E-state index in [1.165, 1.54) is 11.9 Å². The molecular weight excluding hydrogens is 466 g/mol. The molecule has 35 heavy (non-hydrogen) atoms. The van der Waals surface area contributed by atoms with E-state index in [-0.39, 0.29) is 18.4 Å². The van der Waals surface area contributed by atoms with Crippen LogP contribution in [0.4, 0.5) is 13.6 Å². The largest absolute Gasteiger partial charge is 0.465 e. The lowest BCUT2D eigenvalue weighted by molar-refractivity contribution is -0.148. The Balaban J connectivity index is 2.30. The number of aliphatic hydroxyl groups excluding tert-OH is 1. The molecule has 10 nitrogen and oxygen atoms in total. The Bertz CT molecular complexity index is 822. The van der Waals surface area contributed by atoms with Crippen LogP contribution >= 0.6 is 0 Å². The number of hydrogen-bond donors (Lipinski definition) is 5. The molecule has 1 saturated heterocycles. The first kappa shape index (κ1) is 28.7. The van der Waals surface area contributed by atoms with Crippen molar-refractivity contribution < 1.29 is 38.2 Å². The van der Waals surface area contributed by atoms with E-state index in [1.54, 1.807) is 20.8 Å². The molecule has 1 saturated carbocycles. The Labute approximate surface area is 204 Å². The fourth-order valence-electron chi connectivity index (χ4n) is 4.53. The van der Waals surface area contributed by atoms with Crippen LogP contribution in [0.1, 0.15) is 66.2 Å². The Hall–Kier alpha value is -2.50. The summed E-state index contributed by atoms with van der Waals surface area (Å²) in [5.41, 5.74) is -0.878. The molecule has 12 heteroatoms. The monoisotopic (exact) mass is 504 g/mol. The van der Waals surface area contributed by atoms with E-state index in [4.69, 9.17) is 0 Å². The average molecular weight is 505 g/mol. The second kappa shape index (κ2) is 10.6. The van der Waals surface area contributed by atoms with Gasteiger partial charge in [0, 0.05) is 20.0 Å². The molecule has 1 aliphatic carbocycles. The van der Waals surface area contributed by atoms with Crippen molar-refractivity contribution in [2.24, 2.45) is 10.8 Å². The number of hydrogen-bond acceptors (Lipinski definition) is 5. The van der Waals surface area contributed by atoms with Gasteiger partial charge in [-0.1, -0.05) is 20.8 Å². The van der Waals surface area contributed by atoms with Crippen LogP contribution < -0.4 is 16.0 Å². The van der Waals surface area contributed by atoms with E-state index in [2.05, 4.69) is 16.0 Å². The zero-order valence-corrected chi connectivity index (χ0v) is 21.0. The Morgan fingerprint density at radius 1 is 1.09 bits per heavy atom. The molecule has 0 aromatic carbocycles. The van der Waals surface area contributed by atoms with Gasteiger partial charge in [-0.15, -0.1) is 0 Å². The van der Waals surface area contributed by atoms with Crippen molar-refractivity contribution in [3.8, 4) is 0 Å². The topological polar surface area (TPSA) is 148 Å². The number of halogens is 2. The van der Waals surface area contributed by atoms with Gasteiger partial charge in [0.15, 0.2) is 6.10 Å². The molecule has 3 unspecified atom stereocenters. The van der Waals surface area contributed by atoms with Crippen LogP contribution in [0, 0.1) is 10.8 Å². The molecule has 2 rings (SSSR count). The maximum absolute atomic E-state index is 13.5.